The molecule has 0 spiro atoms. The van der Waals surface area contributed by atoms with Gasteiger partial charge < -0.3 is 5.32 Å². The molecule has 0 saturated carbocycles. The maximum absolute atomic E-state index is 3.65. The normalized spacial score (nSPS) is 34.4. The smallest absolute Gasteiger partial charge is 0.0107 e. The van der Waals surface area contributed by atoms with E-state index < -0.39 is 0 Å². The molecule has 0 aromatic heterocycles. The minimum atomic E-state index is 0.734. The molecule has 2 unspecified atom stereocenters. The molecule has 1 N–H and O–H groups in total. The molecule has 2 heterocycles. The first kappa shape index (κ1) is 8.31. The van der Waals surface area contributed by atoms with Crippen LogP contribution in [-0.2, 0) is 0 Å². The van der Waals surface area contributed by atoms with Gasteiger partial charge in [-0.3, -0.25) is 0 Å². The average Bonchev–Trinajstić information content (AvgIpc) is 2.29. The van der Waals surface area contributed by atoms with Crippen LogP contribution < -0.4 is 5.32 Å². The summed E-state index contributed by atoms with van der Waals surface area (Å²) in [6.45, 7) is 4.55. The molecule has 2 saturated heterocycles. The lowest BCUT2D eigenvalue weighted by Gasteiger charge is -2.24. The minimum Gasteiger partial charge on any atom is -0.311 e. The zero-order chi connectivity index (χ0) is 8.55. The van der Waals surface area contributed by atoms with E-state index in [0.717, 1.165) is 18.0 Å². The molecule has 0 amide bonds. The summed E-state index contributed by atoms with van der Waals surface area (Å²) in [4.78, 5) is 0. The van der Waals surface area contributed by atoms with Crippen LogP contribution in [0.2, 0.25) is 0 Å². The Labute approximate surface area is 75.2 Å². The molecule has 0 aromatic carbocycles. The summed E-state index contributed by atoms with van der Waals surface area (Å²) in [5, 5.41) is 3.65. The summed E-state index contributed by atoms with van der Waals surface area (Å²) in [6, 6.07) is 1.63. The van der Waals surface area contributed by atoms with Crippen molar-refractivity contribution in [3.63, 3.8) is 0 Å². The zero-order valence-corrected chi connectivity index (χ0v) is 8.14. The van der Waals surface area contributed by atoms with Gasteiger partial charge in [0, 0.05) is 12.1 Å². The SMILES string of the molecule is CC(C)C=C1CC2CCC(C1)N2. The molecule has 0 radical (unpaired) electrons. The Morgan fingerprint density at radius 3 is 2.33 bits per heavy atom. The van der Waals surface area contributed by atoms with E-state index in [9.17, 15) is 0 Å². The number of piperidine rings is 1. The number of hydrogen-bond donors (Lipinski definition) is 1. The number of nitrogens with one attached hydrogen (secondary N) is 1. The van der Waals surface area contributed by atoms with E-state index >= 15 is 0 Å². The van der Waals surface area contributed by atoms with Crippen molar-refractivity contribution in [2.75, 3.05) is 0 Å². The molecule has 0 aromatic rings. The van der Waals surface area contributed by atoms with Crippen molar-refractivity contribution in [1.82, 2.24) is 5.32 Å². The van der Waals surface area contributed by atoms with Crippen molar-refractivity contribution in [3.05, 3.63) is 11.6 Å². The van der Waals surface area contributed by atoms with Gasteiger partial charge in [-0.15, -0.1) is 0 Å². The second-order valence-electron chi connectivity index (χ2n) is 4.62. The standard InChI is InChI=1S/C11H19N/c1-8(2)5-9-6-10-3-4-11(7-9)12-10/h5,8,10-12H,3-4,6-7H2,1-2H3. The average molecular weight is 165 g/mol. The maximum atomic E-state index is 3.65. The molecule has 0 aliphatic carbocycles. The van der Waals surface area contributed by atoms with E-state index in [1.54, 1.807) is 5.57 Å². The van der Waals surface area contributed by atoms with Gasteiger partial charge in [0.15, 0.2) is 0 Å². The molecule has 2 bridgehead atoms. The fourth-order valence-corrected chi connectivity index (χ4v) is 2.55. The number of hydrogen-bond acceptors (Lipinski definition) is 1. The van der Waals surface area contributed by atoms with Crippen molar-refractivity contribution in [2.24, 2.45) is 5.92 Å². The summed E-state index contributed by atoms with van der Waals surface area (Å²) >= 11 is 0. The Bertz CT molecular complexity index is 179. The fraction of sp³-hybridized carbons (Fsp3) is 0.818. The molecular formula is C11H19N. The van der Waals surface area contributed by atoms with Crippen LogP contribution in [0.5, 0.6) is 0 Å². The van der Waals surface area contributed by atoms with Crippen molar-refractivity contribution < 1.29 is 0 Å². The Kier molecular flexibility index (Phi) is 2.22. The third-order valence-electron chi connectivity index (χ3n) is 2.92. The van der Waals surface area contributed by atoms with Crippen molar-refractivity contribution in [1.29, 1.82) is 0 Å². The molecule has 2 rings (SSSR count). The number of fused-ring (bicyclic) bond motifs is 2. The topological polar surface area (TPSA) is 12.0 Å². The summed E-state index contributed by atoms with van der Waals surface area (Å²) in [5.74, 6) is 0.734. The predicted molar refractivity (Wildman–Crippen MR) is 52.1 cm³/mol. The van der Waals surface area contributed by atoms with E-state index in [2.05, 4.69) is 25.2 Å². The van der Waals surface area contributed by atoms with Crippen LogP contribution in [0.25, 0.3) is 0 Å². The first-order valence-corrected chi connectivity index (χ1v) is 5.19. The van der Waals surface area contributed by atoms with Gasteiger partial charge in [0.2, 0.25) is 0 Å². The van der Waals surface area contributed by atoms with E-state index in [4.69, 9.17) is 0 Å². The highest BCUT2D eigenvalue weighted by molar-refractivity contribution is 5.14. The van der Waals surface area contributed by atoms with Crippen LogP contribution >= 0.6 is 0 Å². The second-order valence-corrected chi connectivity index (χ2v) is 4.62. The van der Waals surface area contributed by atoms with Gasteiger partial charge in [0.05, 0.1) is 0 Å². The zero-order valence-electron chi connectivity index (χ0n) is 8.14. The first-order valence-electron chi connectivity index (χ1n) is 5.19. The fourth-order valence-electron chi connectivity index (χ4n) is 2.55. The quantitative estimate of drug-likeness (QED) is 0.589. The van der Waals surface area contributed by atoms with Crippen molar-refractivity contribution >= 4 is 0 Å². The summed E-state index contributed by atoms with van der Waals surface area (Å²) in [5.41, 5.74) is 1.70. The summed E-state index contributed by atoms with van der Waals surface area (Å²) in [6.07, 6.45) is 7.90. The van der Waals surface area contributed by atoms with Gasteiger partial charge in [-0.05, 0) is 31.6 Å². The highest BCUT2D eigenvalue weighted by Gasteiger charge is 2.29. The van der Waals surface area contributed by atoms with E-state index in [0.29, 0.717) is 0 Å². The molecule has 2 fully saturated rings. The van der Waals surface area contributed by atoms with Crippen LogP contribution in [0.1, 0.15) is 39.5 Å². The Hall–Kier alpha value is -0.300. The van der Waals surface area contributed by atoms with Crippen LogP contribution in [-0.4, -0.2) is 12.1 Å². The van der Waals surface area contributed by atoms with Gasteiger partial charge in [-0.1, -0.05) is 25.5 Å². The summed E-state index contributed by atoms with van der Waals surface area (Å²) < 4.78 is 0. The molecule has 68 valence electrons. The lowest BCUT2D eigenvalue weighted by Crippen LogP contribution is -2.34. The third kappa shape index (κ3) is 1.71. The van der Waals surface area contributed by atoms with Crippen LogP contribution in [0.3, 0.4) is 0 Å². The van der Waals surface area contributed by atoms with Crippen LogP contribution in [0, 0.1) is 5.92 Å². The molecule has 2 atom stereocenters. The van der Waals surface area contributed by atoms with Gasteiger partial charge in [0.1, 0.15) is 0 Å². The molecule has 1 heteroatoms. The highest BCUT2D eigenvalue weighted by Crippen LogP contribution is 2.30. The van der Waals surface area contributed by atoms with Gasteiger partial charge in [0.25, 0.3) is 0 Å². The van der Waals surface area contributed by atoms with E-state index in [1.807, 2.05) is 0 Å². The van der Waals surface area contributed by atoms with E-state index in [-0.39, 0.29) is 0 Å². The van der Waals surface area contributed by atoms with Gasteiger partial charge in [-0.25, -0.2) is 0 Å². The molecule has 1 nitrogen and oxygen atoms in total. The Morgan fingerprint density at radius 1 is 1.25 bits per heavy atom. The minimum absolute atomic E-state index is 0.734. The number of allylic oxidation sites excluding steroid dienone is 1. The molecule has 12 heavy (non-hydrogen) atoms. The van der Waals surface area contributed by atoms with Crippen molar-refractivity contribution in [2.45, 2.75) is 51.6 Å². The Morgan fingerprint density at radius 2 is 1.83 bits per heavy atom. The largest absolute Gasteiger partial charge is 0.311 e. The van der Waals surface area contributed by atoms with Crippen LogP contribution in [0.4, 0.5) is 0 Å². The molecular weight excluding hydrogens is 146 g/mol. The Balaban J connectivity index is 2.02. The molecule has 2 aliphatic heterocycles. The van der Waals surface area contributed by atoms with E-state index in [1.165, 1.54) is 25.7 Å². The van der Waals surface area contributed by atoms with Gasteiger partial charge >= 0.3 is 0 Å². The van der Waals surface area contributed by atoms with Gasteiger partial charge in [-0.2, -0.15) is 0 Å². The highest BCUT2D eigenvalue weighted by atomic mass is 15.0. The van der Waals surface area contributed by atoms with Crippen molar-refractivity contribution in [3.8, 4) is 0 Å². The lowest BCUT2D eigenvalue weighted by molar-refractivity contribution is 0.471. The van der Waals surface area contributed by atoms with Crippen LogP contribution in [0.15, 0.2) is 11.6 Å². The second kappa shape index (κ2) is 3.21. The first-order chi connectivity index (χ1) is 5.74. The maximum Gasteiger partial charge on any atom is 0.0107 e. The predicted octanol–water partition coefficient (Wildman–Crippen LogP) is 2.48. The monoisotopic (exact) mass is 165 g/mol. The lowest BCUT2D eigenvalue weighted by atomic mass is 9.96. The summed E-state index contributed by atoms with van der Waals surface area (Å²) in [7, 11) is 0. The molecule has 2 aliphatic rings. The number of rotatable bonds is 1. The third-order valence-corrected chi connectivity index (χ3v) is 2.92.